The fourth-order valence-corrected chi connectivity index (χ4v) is 10.6. The van der Waals surface area contributed by atoms with Crippen molar-refractivity contribution in [2.24, 2.45) is 52.3 Å². The van der Waals surface area contributed by atoms with E-state index in [9.17, 15) is 4.79 Å². The topological polar surface area (TPSA) is 54.0 Å². The lowest BCUT2D eigenvalue weighted by Gasteiger charge is -2.61. The summed E-state index contributed by atoms with van der Waals surface area (Å²) in [6, 6.07) is 0. The Labute approximate surface area is 212 Å². The van der Waals surface area contributed by atoms with Crippen LogP contribution < -0.4 is 0 Å². The first kappa shape index (κ1) is 24.5. The summed E-state index contributed by atoms with van der Waals surface area (Å²) in [5.41, 5.74) is 0.765. The van der Waals surface area contributed by atoms with E-state index >= 15 is 0 Å². The number of carbonyl (C=O) groups is 1. The highest BCUT2D eigenvalue weighted by atomic mass is 16.7. The molecule has 5 heteroatoms. The number of rotatable bonds is 2. The average Bonchev–Trinajstić information content (AvgIpc) is 3.26. The Kier molecular flexibility index (Phi) is 6.03. The third-order valence-electron chi connectivity index (χ3n) is 12.4. The predicted octanol–water partition coefficient (Wildman–Crippen LogP) is 6.97. The number of hydrogen-bond donors (Lipinski definition) is 0. The molecule has 0 bridgehead atoms. The summed E-state index contributed by atoms with van der Waals surface area (Å²) >= 11 is 0. The van der Waals surface area contributed by atoms with E-state index in [-0.39, 0.29) is 11.9 Å². The van der Waals surface area contributed by atoms with E-state index < -0.39 is 6.16 Å². The highest BCUT2D eigenvalue weighted by molar-refractivity contribution is 5.60. The highest BCUT2D eigenvalue weighted by Gasteiger charge is 2.69. The molecule has 2 aliphatic heterocycles. The van der Waals surface area contributed by atoms with Gasteiger partial charge in [0.2, 0.25) is 0 Å². The van der Waals surface area contributed by atoms with Crippen LogP contribution in [0.3, 0.4) is 0 Å². The Morgan fingerprint density at radius 3 is 2.49 bits per heavy atom. The van der Waals surface area contributed by atoms with Crippen molar-refractivity contribution in [1.82, 2.24) is 0 Å². The van der Waals surface area contributed by atoms with Gasteiger partial charge in [0.25, 0.3) is 0 Å². The van der Waals surface area contributed by atoms with Gasteiger partial charge in [0.1, 0.15) is 6.10 Å². The van der Waals surface area contributed by atoms with Crippen molar-refractivity contribution in [2.45, 2.75) is 117 Å². The van der Waals surface area contributed by atoms with Crippen LogP contribution in [0.4, 0.5) is 4.79 Å². The van der Waals surface area contributed by atoms with Gasteiger partial charge in [-0.1, -0.05) is 27.7 Å². The summed E-state index contributed by atoms with van der Waals surface area (Å²) in [6.45, 7) is 13.0. The number of fused-ring (bicyclic) bond motifs is 7. The Morgan fingerprint density at radius 1 is 0.943 bits per heavy atom. The lowest BCUT2D eigenvalue weighted by molar-refractivity contribution is -0.273. The van der Waals surface area contributed by atoms with Crippen molar-refractivity contribution in [1.29, 1.82) is 0 Å². The second-order valence-corrected chi connectivity index (χ2v) is 13.9. The third kappa shape index (κ3) is 3.64. The zero-order valence-electron chi connectivity index (χ0n) is 22.7. The first-order valence-electron chi connectivity index (χ1n) is 14.9. The average molecular weight is 489 g/mol. The van der Waals surface area contributed by atoms with Crippen LogP contribution in [0, 0.1) is 52.3 Å². The Bertz CT molecular complexity index is 820. The van der Waals surface area contributed by atoms with Crippen molar-refractivity contribution >= 4 is 6.16 Å². The van der Waals surface area contributed by atoms with Crippen LogP contribution >= 0.6 is 0 Å². The van der Waals surface area contributed by atoms with Gasteiger partial charge in [0, 0.05) is 12.3 Å². The van der Waals surface area contributed by atoms with Crippen LogP contribution in [0.15, 0.2) is 0 Å². The maximum atomic E-state index is 11.9. The van der Waals surface area contributed by atoms with Gasteiger partial charge in [-0.15, -0.1) is 0 Å². The second kappa shape index (κ2) is 8.61. The first-order valence-corrected chi connectivity index (χ1v) is 14.9. The van der Waals surface area contributed by atoms with Crippen LogP contribution in [0.2, 0.25) is 0 Å². The molecule has 0 aromatic carbocycles. The van der Waals surface area contributed by atoms with Crippen LogP contribution in [0.25, 0.3) is 0 Å². The lowest BCUT2D eigenvalue weighted by Crippen LogP contribution is -2.55. The molecule has 198 valence electrons. The molecule has 0 amide bonds. The van der Waals surface area contributed by atoms with E-state index in [2.05, 4.69) is 27.7 Å². The summed E-state index contributed by atoms with van der Waals surface area (Å²) in [5, 5.41) is 0. The van der Waals surface area contributed by atoms with Gasteiger partial charge in [-0.25, -0.2) is 4.79 Å². The summed E-state index contributed by atoms with van der Waals surface area (Å²) in [4.78, 5) is 11.9. The van der Waals surface area contributed by atoms with Gasteiger partial charge < -0.3 is 18.9 Å². The molecule has 6 rings (SSSR count). The summed E-state index contributed by atoms with van der Waals surface area (Å²) in [6.07, 6.45) is 12.0. The fraction of sp³-hybridized carbons (Fsp3) is 0.967. The molecular formula is C30H48O5. The van der Waals surface area contributed by atoms with Crippen LogP contribution in [-0.4, -0.2) is 37.4 Å². The molecule has 2 saturated heterocycles. The molecule has 0 radical (unpaired) electrons. The molecule has 35 heavy (non-hydrogen) atoms. The maximum Gasteiger partial charge on any atom is 0.508 e. The van der Waals surface area contributed by atoms with Gasteiger partial charge in [0.15, 0.2) is 5.79 Å². The zero-order valence-corrected chi connectivity index (χ0v) is 22.7. The van der Waals surface area contributed by atoms with Crippen LogP contribution in [-0.2, 0) is 18.9 Å². The molecule has 6 fully saturated rings. The Balaban J connectivity index is 1.17. The van der Waals surface area contributed by atoms with E-state index in [0.717, 1.165) is 43.6 Å². The molecule has 6 aliphatic rings. The highest BCUT2D eigenvalue weighted by Crippen LogP contribution is 2.71. The minimum absolute atomic E-state index is 0.0343. The molecule has 4 aliphatic carbocycles. The number of ether oxygens (including phenoxy) is 4. The number of carbonyl (C=O) groups excluding carboxylic acids is 1. The Morgan fingerprint density at radius 2 is 1.74 bits per heavy atom. The van der Waals surface area contributed by atoms with Crippen LogP contribution in [0.5, 0.6) is 0 Å². The molecule has 2 heterocycles. The number of hydrogen-bond acceptors (Lipinski definition) is 5. The minimum Gasteiger partial charge on any atom is -0.435 e. The van der Waals surface area contributed by atoms with E-state index in [1.54, 1.807) is 0 Å². The monoisotopic (exact) mass is 488 g/mol. The zero-order chi connectivity index (χ0) is 24.6. The molecule has 0 aromatic rings. The molecule has 0 aromatic heterocycles. The second-order valence-electron chi connectivity index (χ2n) is 13.9. The van der Waals surface area contributed by atoms with E-state index in [0.29, 0.717) is 47.2 Å². The van der Waals surface area contributed by atoms with E-state index in [1.165, 1.54) is 44.9 Å². The van der Waals surface area contributed by atoms with Gasteiger partial charge >= 0.3 is 6.16 Å². The smallest absolute Gasteiger partial charge is 0.435 e. The van der Waals surface area contributed by atoms with Crippen molar-refractivity contribution in [3.63, 3.8) is 0 Å². The molecule has 4 saturated carbocycles. The fourth-order valence-electron chi connectivity index (χ4n) is 10.6. The summed E-state index contributed by atoms with van der Waals surface area (Å²) in [7, 11) is 0. The summed E-state index contributed by atoms with van der Waals surface area (Å²) in [5.74, 6) is 4.55. The quantitative estimate of drug-likeness (QED) is 0.393. The van der Waals surface area contributed by atoms with E-state index in [4.69, 9.17) is 18.9 Å². The van der Waals surface area contributed by atoms with Crippen LogP contribution in [0.1, 0.15) is 98.8 Å². The first-order chi connectivity index (χ1) is 16.7. The standard InChI is InChI=1S/C30H48O5/c1-6-32-27(31)34-21-10-12-28(4)20(15-21)7-8-22-23(28)11-13-29(5)24(22)16-25-26(29)19(3)30(35-25)14-9-18(2)17-33-30/h18-26H,6-17H2,1-5H3/t18-,19?,20?,21+,22?,23?,24?,25?,26?,28-,29-,30+/m0/s1. The molecule has 5 nitrogen and oxygen atoms in total. The van der Waals surface area contributed by atoms with Gasteiger partial charge in [-0.2, -0.15) is 0 Å². The van der Waals surface area contributed by atoms with Crippen molar-refractivity contribution in [3.8, 4) is 0 Å². The third-order valence-corrected chi connectivity index (χ3v) is 12.4. The largest absolute Gasteiger partial charge is 0.508 e. The molecule has 7 unspecified atom stereocenters. The van der Waals surface area contributed by atoms with E-state index in [1.807, 2.05) is 6.92 Å². The molecule has 1 spiro atoms. The molecule has 0 N–H and O–H groups in total. The van der Waals surface area contributed by atoms with Crippen molar-refractivity contribution < 1.29 is 23.7 Å². The SMILES string of the molecule is CCOC(=O)O[C@@H]1CC[C@@]2(C)C(CCC3C2CC[C@@]2(C)C3CC3O[C@]4(CC[C@H](C)CO4)C(C)C32)C1. The minimum atomic E-state index is -0.482. The van der Waals surface area contributed by atoms with Gasteiger partial charge in [-0.3, -0.25) is 0 Å². The predicted molar refractivity (Wildman–Crippen MR) is 134 cm³/mol. The van der Waals surface area contributed by atoms with Crippen molar-refractivity contribution in [2.75, 3.05) is 13.2 Å². The van der Waals surface area contributed by atoms with Gasteiger partial charge in [0.05, 0.1) is 19.3 Å². The summed E-state index contributed by atoms with van der Waals surface area (Å²) < 4.78 is 24.2. The normalized spacial score (nSPS) is 54.9. The van der Waals surface area contributed by atoms with Crippen molar-refractivity contribution in [3.05, 3.63) is 0 Å². The molecule has 12 atom stereocenters. The maximum absolute atomic E-state index is 11.9. The molecular weight excluding hydrogens is 440 g/mol. The lowest BCUT2D eigenvalue weighted by atomic mass is 9.44. The van der Waals surface area contributed by atoms with Gasteiger partial charge in [-0.05, 0) is 111 Å². The Hall–Kier alpha value is -0.810.